The summed E-state index contributed by atoms with van der Waals surface area (Å²) in [5.74, 6) is -2.23. The molecule has 402 valence electrons. The van der Waals surface area contributed by atoms with E-state index < -0.39 is 59.5 Å². The maximum absolute atomic E-state index is 14.4. The zero-order valence-corrected chi connectivity index (χ0v) is 43.3. The van der Waals surface area contributed by atoms with Gasteiger partial charge in [-0.15, -0.1) is 0 Å². The van der Waals surface area contributed by atoms with Crippen LogP contribution in [-0.4, -0.2) is 123 Å². The lowest BCUT2D eigenvalue weighted by molar-refractivity contribution is -0.152. The molecule has 0 unspecified atom stereocenters. The Hall–Kier alpha value is -8.86. The lowest BCUT2D eigenvalue weighted by Crippen LogP contribution is -2.56. The molecule has 0 spiro atoms. The average molecular weight is 1080 g/mol. The van der Waals surface area contributed by atoms with Gasteiger partial charge in [-0.3, -0.25) is 48.8 Å². The van der Waals surface area contributed by atoms with Gasteiger partial charge in [-0.05, 0) is 72.5 Å². The second kappa shape index (κ2) is 22.9. The summed E-state index contributed by atoms with van der Waals surface area (Å²) in [6.45, 7) is 4.59. The molecule has 10 rings (SSSR count). The number of rotatable bonds is 16. The molecule has 0 radical (unpaired) electrons. The molecule has 23 nitrogen and oxygen atoms in total. The first-order valence-corrected chi connectivity index (χ1v) is 24.9. The smallest absolute Gasteiger partial charge is 0.337 e. The highest BCUT2D eigenvalue weighted by molar-refractivity contribution is 6.17. The quantitative estimate of drug-likeness (QED) is 0.0616. The van der Waals surface area contributed by atoms with Gasteiger partial charge in [0.15, 0.2) is 18.3 Å². The maximum atomic E-state index is 14.4. The molecule has 77 heavy (non-hydrogen) atoms. The number of benzene rings is 2. The van der Waals surface area contributed by atoms with Gasteiger partial charge < -0.3 is 42.9 Å². The van der Waals surface area contributed by atoms with Crippen molar-refractivity contribution in [2.45, 2.75) is 77.0 Å². The summed E-state index contributed by atoms with van der Waals surface area (Å²) >= 11 is 5.03. The summed E-state index contributed by atoms with van der Waals surface area (Å²) in [7, 11) is 3.02. The first-order valence-electron chi connectivity index (χ1n) is 24.4. The van der Waals surface area contributed by atoms with E-state index >= 15 is 0 Å². The third-order valence-corrected chi connectivity index (χ3v) is 13.2. The summed E-state index contributed by atoms with van der Waals surface area (Å²) in [5.41, 5.74) is -0.243. The Morgan fingerprint density at radius 1 is 0.701 bits per heavy atom. The van der Waals surface area contributed by atoms with E-state index in [0.29, 0.717) is 75.9 Å². The van der Waals surface area contributed by atoms with Crippen molar-refractivity contribution in [3.63, 3.8) is 0 Å². The van der Waals surface area contributed by atoms with Crippen molar-refractivity contribution in [1.82, 2.24) is 40.2 Å². The van der Waals surface area contributed by atoms with Gasteiger partial charge in [0.25, 0.3) is 23.6 Å². The van der Waals surface area contributed by atoms with Gasteiger partial charge in [0.1, 0.15) is 34.2 Å². The van der Waals surface area contributed by atoms with Gasteiger partial charge in [0, 0.05) is 79.0 Å². The Balaban J connectivity index is 0.000000189. The van der Waals surface area contributed by atoms with Crippen molar-refractivity contribution >= 4 is 87.1 Å². The number of pyridine rings is 2. The number of carbonyl (C=O) groups excluding carboxylic acids is 9. The second-order valence-corrected chi connectivity index (χ2v) is 18.2. The van der Waals surface area contributed by atoms with Crippen LogP contribution in [0, 0.1) is 0 Å². The first-order chi connectivity index (χ1) is 37.0. The van der Waals surface area contributed by atoms with Crippen LogP contribution in [0.3, 0.4) is 0 Å². The lowest BCUT2D eigenvalue weighted by atomic mass is 9.92. The van der Waals surface area contributed by atoms with Crippen LogP contribution in [-0.2, 0) is 57.6 Å². The fourth-order valence-electron chi connectivity index (χ4n) is 9.25. The van der Waals surface area contributed by atoms with Crippen molar-refractivity contribution in [3.8, 4) is 11.5 Å². The predicted molar refractivity (Wildman–Crippen MR) is 270 cm³/mol. The van der Waals surface area contributed by atoms with Crippen molar-refractivity contribution in [2.75, 3.05) is 40.1 Å². The van der Waals surface area contributed by atoms with Gasteiger partial charge in [0.2, 0.25) is 11.4 Å². The van der Waals surface area contributed by atoms with Crippen LogP contribution in [0.15, 0.2) is 94.3 Å². The molecule has 2 atom stereocenters. The third-order valence-electron chi connectivity index (χ3n) is 13.1. The SMILES string of the molecule is CCC(=O)OCCl.CCCC(=O)OCN1C(=O)N(C(=O)CCC)[C@@](CN2Cc3ccc(OC)cc3C2=O)(c2cc3cnccc3o2)C1=O.COc1ccc2c(c1)C(=O)N(C[C@@]1(c3cc4cnccc4o3)NC(=O)NC1=O)C2. The number of methoxy groups -OCH3 is 2. The minimum absolute atomic E-state index is 0.00738. The highest BCUT2D eigenvalue weighted by atomic mass is 35.5. The number of carbonyl (C=O) groups is 9. The Kier molecular flexibility index (Phi) is 16.2. The number of ether oxygens (including phenoxy) is 4. The van der Waals surface area contributed by atoms with Crippen molar-refractivity contribution < 1.29 is 70.9 Å². The molecule has 2 saturated heterocycles. The minimum atomic E-state index is -2.05. The van der Waals surface area contributed by atoms with Crippen LogP contribution >= 0.6 is 11.6 Å². The summed E-state index contributed by atoms with van der Waals surface area (Å²) in [5, 5.41) is 6.15. The first kappa shape index (κ1) is 54.4. The van der Waals surface area contributed by atoms with Gasteiger partial charge in [-0.25, -0.2) is 19.4 Å². The number of hydrogen-bond acceptors (Lipinski definition) is 17. The number of aromatic nitrogens is 2. The molecular weight excluding hydrogens is 1020 g/mol. The molecule has 0 bridgehead atoms. The lowest BCUT2D eigenvalue weighted by Gasteiger charge is -2.35. The van der Waals surface area contributed by atoms with Crippen LogP contribution in [0.25, 0.3) is 21.9 Å². The van der Waals surface area contributed by atoms with Crippen LogP contribution in [0.1, 0.15) is 96.2 Å². The normalized spacial score (nSPS) is 18.4. The number of amides is 9. The van der Waals surface area contributed by atoms with E-state index in [1.165, 1.54) is 36.4 Å². The highest BCUT2D eigenvalue weighted by Crippen LogP contribution is 2.43. The van der Waals surface area contributed by atoms with Gasteiger partial charge in [0.05, 0.1) is 27.3 Å². The average Bonchev–Trinajstić information content (AvgIpc) is 4.38. The predicted octanol–water partition coefficient (Wildman–Crippen LogP) is 6.24. The Labute approximate surface area is 444 Å². The number of nitrogens with one attached hydrogen (secondary N) is 2. The molecular formula is C53H53ClN8O15. The number of nitrogens with zero attached hydrogens (tertiary/aromatic N) is 6. The van der Waals surface area contributed by atoms with Crippen LogP contribution < -0.4 is 20.1 Å². The van der Waals surface area contributed by atoms with E-state index in [0.717, 1.165) is 15.4 Å². The van der Waals surface area contributed by atoms with Crippen LogP contribution in [0.4, 0.5) is 9.59 Å². The zero-order chi connectivity index (χ0) is 55.2. The number of halogens is 1. The molecule has 0 aliphatic carbocycles. The Morgan fingerprint density at radius 3 is 1.75 bits per heavy atom. The number of fused-ring (bicyclic) bond motifs is 4. The van der Waals surface area contributed by atoms with E-state index in [2.05, 4.69) is 25.3 Å². The topological polar surface area (TPSA) is 280 Å². The number of esters is 2. The molecule has 4 aromatic heterocycles. The summed E-state index contributed by atoms with van der Waals surface area (Å²) in [4.78, 5) is 128. The molecule has 2 N–H and O–H groups in total. The van der Waals surface area contributed by atoms with Gasteiger partial charge in [-0.1, -0.05) is 44.5 Å². The number of imide groups is 3. The van der Waals surface area contributed by atoms with Crippen molar-refractivity contribution in [2.24, 2.45) is 0 Å². The standard InChI is InChI=1S/C29H30N4O8.C20H16N4O5.C4H7ClO2/c1-4-6-24(34)33-28(38)32(17-40-25(35)7-5-2)27(37)29(33,23-12-19-14-30-11-10-22(19)41-23)16-31-15-18-8-9-20(39-3)13-21(18)26(31)36;1-28-13-3-2-11-9-24(17(25)14(11)7-13)10-20(18(26)22-19(27)23-20)16-6-12-8-21-5-4-15(12)29-16;1-2-4(6)7-3-5/h8-14H,4-7,15-17H2,1-3H3;2-8H,9-10H2,1H3,(H2,22,23,26,27);2-3H2,1H3/t29-;20-;/m00./s1. The summed E-state index contributed by atoms with van der Waals surface area (Å²) in [6, 6.07) is 15.2. The van der Waals surface area contributed by atoms with E-state index in [1.54, 1.807) is 87.8 Å². The molecule has 6 aromatic rings. The minimum Gasteiger partial charge on any atom is -0.497 e. The summed E-state index contributed by atoms with van der Waals surface area (Å²) < 4.78 is 32.0. The molecule has 0 saturated carbocycles. The van der Waals surface area contributed by atoms with Crippen molar-refractivity contribution in [3.05, 3.63) is 119 Å². The van der Waals surface area contributed by atoms with E-state index in [4.69, 9.17) is 34.6 Å². The Morgan fingerprint density at radius 2 is 1.26 bits per heavy atom. The number of alkyl halides is 1. The largest absolute Gasteiger partial charge is 0.497 e. The van der Waals surface area contributed by atoms with Gasteiger partial charge >= 0.3 is 24.0 Å². The van der Waals surface area contributed by atoms with Crippen LogP contribution in [0.2, 0.25) is 0 Å². The zero-order valence-electron chi connectivity index (χ0n) is 42.5. The van der Waals surface area contributed by atoms with E-state index in [-0.39, 0.29) is 61.9 Å². The fourth-order valence-corrected chi connectivity index (χ4v) is 9.37. The fraction of sp³-hybridized carbons (Fsp3) is 0.340. The Bertz CT molecular complexity index is 3260. The van der Waals surface area contributed by atoms with Crippen LogP contribution in [0.5, 0.6) is 11.5 Å². The second-order valence-electron chi connectivity index (χ2n) is 18.0. The highest BCUT2D eigenvalue weighted by Gasteiger charge is 2.64. The van der Waals surface area contributed by atoms with Crippen molar-refractivity contribution in [1.29, 1.82) is 0 Å². The molecule has 2 fully saturated rings. The molecule has 9 amide bonds. The summed E-state index contributed by atoms with van der Waals surface area (Å²) in [6.07, 6.45) is 7.58. The van der Waals surface area contributed by atoms with Gasteiger partial charge in [-0.2, -0.15) is 0 Å². The molecule has 2 aromatic carbocycles. The molecule has 4 aliphatic heterocycles. The van der Waals surface area contributed by atoms with E-state index in [9.17, 15) is 43.2 Å². The number of hydrogen-bond donors (Lipinski definition) is 2. The molecule has 8 heterocycles. The monoisotopic (exact) mass is 1080 g/mol. The number of urea groups is 2. The maximum Gasteiger partial charge on any atom is 0.337 e. The number of furan rings is 2. The molecule has 4 aliphatic rings. The third kappa shape index (κ3) is 10.6. The van der Waals surface area contributed by atoms with E-state index in [1.807, 2.05) is 6.07 Å². The molecule has 24 heteroatoms.